The molecule has 1 aromatic heterocycles. The maximum atomic E-state index is 12.1. The van der Waals surface area contributed by atoms with Gasteiger partial charge in [-0.25, -0.2) is 0 Å². The zero-order valence-electron chi connectivity index (χ0n) is 5.69. The van der Waals surface area contributed by atoms with Crippen LogP contribution in [0.15, 0.2) is 16.9 Å². The predicted molar refractivity (Wildman–Crippen MR) is 41.4 cm³/mol. The van der Waals surface area contributed by atoms with Crippen LogP contribution in [-0.2, 0) is 6.18 Å². The van der Waals surface area contributed by atoms with E-state index in [-0.39, 0.29) is 10.2 Å². The Labute approximate surface area is 74.7 Å². The predicted octanol–water partition coefficient (Wildman–Crippen LogP) is 2.45. The minimum Gasteiger partial charge on any atom is -0.397 e. The fourth-order valence-corrected chi connectivity index (χ4v) is 1.00. The Morgan fingerprint density at radius 1 is 1.33 bits per heavy atom. The number of aromatic nitrogens is 1. The molecule has 0 saturated heterocycles. The van der Waals surface area contributed by atoms with Crippen molar-refractivity contribution in [2.75, 3.05) is 5.73 Å². The van der Waals surface area contributed by atoms with Crippen LogP contribution in [0.4, 0.5) is 18.9 Å². The first-order valence-corrected chi connectivity index (χ1v) is 3.68. The minimum absolute atomic E-state index is 0.150. The molecule has 0 saturated carbocycles. The van der Waals surface area contributed by atoms with Crippen molar-refractivity contribution in [2.45, 2.75) is 6.18 Å². The van der Waals surface area contributed by atoms with Gasteiger partial charge in [-0.3, -0.25) is 4.98 Å². The van der Waals surface area contributed by atoms with Crippen LogP contribution in [0, 0.1) is 0 Å². The molecule has 0 aromatic carbocycles. The van der Waals surface area contributed by atoms with Gasteiger partial charge >= 0.3 is 6.18 Å². The second kappa shape index (κ2) is 2.93. The minimum atomic E-state index is -4.44. The summed E-state index contributed by atoms with van der Waals surface area (Å²) in [5, 5.41) is 0. The lowest BCUT2D eigenvalue weighted by Crippen LogP contribution is -2.09. The van der Waals surface area contributed by atoms with Crippen LogP contribution >= 0.6 is 15.9 Å². The van der Waals surface area contributed by atoms with E-state index in [1.165, 1.54) is 6.20 Å². The quantitative estimate of drug-likeness (QED) is 0.757. The molecule has 2 nitrogen and oxygen atoms in total. The van der Waals surface area contributed by atoms with E-state index in [9.17, 15) is 13.2 Å². The third kappa shape index (κ3) is 1.69. The molecule has 0 fully saturated rings. The summed E-state index contributed by atoms with van der Waals surface area (Å²) < 4.78 is 36.4. The first-order valence-electron chi connectivity index (χ1n) is 2.89. The topological polar surface area (TPSA) is 38.9 Å². The lowest BCUT2D eigenvalue weighted by Gasteiger charge is -2.09. The lowest BCUT2D eigenvalue weighted by atomic mass is 10.2. The third-order valence-corrected chi connectivity index (χ3v) is 1.88. The van der Waals surface area contributed by atoms with Gasteiger partial charge in [0.2, 0.25) is 0 Å². The Kier molecular flexibility index (Phi) is 2.27. The molecule has 0 aliphatic carbocycles. The average molecular weight is 241 g/mol. The molecular weight excluding hydrogens is 237 g/mol. The van der Waals surface area contributed by atoms with E-state index < -0.39 is 11.7 Å². The zero-order chi connectivity index (χ0) is 9.35. The Hall–Kier alpha value is -0.780. The fourth-order valence-electron chi connectivity index (χ4n) is 0.671. The maximum Gasteiger partial charge on any atom is 0.419 e. The van der Waals surface area contributed by atoms with Crippen molar-refractivity contribution in [2.24, 2.45) is 0 Å². The lowest BCUT2D eigenvalue weighted by molar-refractivity contribution is -0.137. The number of hydrogen-bond acceptors (Lipinski definition) is 2. The Morgan fingerprint density at radius 3 is 2.33 bits per heavy atom. The fraction of sp³-hybridized carbons (Fsp3) is 0.167. The first-order chi connectivity index (χ1) is 5.43. The van der Waals surface area contributed by atoms with Gasteiger partial charge in [0.05, 0.1) is 15.7 Å². The standard InChI is InChI=1S/C6H4BrF3N2/c7-4-2-12-1-3(5(4)11)6(8,9)10/h1-2H,(H2,11,12). The molecule has 12 heavy (non-hydrogen) atoms. The molecule has 6 heteroatoms. The summed E-state index contributed by atoms with van der Waals surface area (Å²) in [6.45, 7) is 0. The zero-order valence-corrected chi connectivity index (χ0v) is 7.28. The largest absolute Gasteiger partial charge is 0.419 e. The summed E-state index contributed by atoms with van der Waals surface area (Å²) >= 11 is 2.85. The van der Waals surface area contributed by atoms with Crippen molar-refractivity contribution in [1.82, 2.24) is 4.98 Å². The number of nitrogen functional groups attached to an aromatic ring is 1. The molecule has 66 valence electrons. The average Bonchev–Trinajstić information content (AvgIpc) is 1.92. The Morgan fingerprint density at radius 2 is 1.92 bits per heavy atom. The number of nitrogens with zero attached hydrogens (tertiary/aromatic N) is 1. The van der Waals surface area contributed by atoms with Crippen LogP contribution < -0.4 is 5.73 Å². The van der Waals surface area contributed by atoms with Crippen LogP contribution in [0.2, 0.25) is 0 Å². The number of alkyl halides is 3. The summed E-state index contributed by atoms with van der Waals surface area (Å²) in [5.74, 6) is 0. The number of rotatable bonds is 0. The monoisotopic (exact) mass is 240 g/mol. The Balaban J connectivity index is 3.26. The normalized spacial score (nSPS) is 11.7. The number of pyridine rings is 1. The van der Waals surface area contributed by atoms with Crippen LogP contribution in [0.5, 0.6) is 0 Å². The molecule has 0 aliphatic rings. The van der Waals surface area contributed by atoms with Crippen LogP contribution in [0.3, 0.4) is 0 Å². The highest BCUT2D eigenvalue weighted by molar-refractivity contribution is 9.10. The van der Waals surface area contributed by atoms with Crippen LogP contribution in [-0.4, -0.2) is 4.98 Å². The van der Waals surface area contributed by atoms with E-state index in [0.717, 1.165) is 0 Å². The van der Waals surface area contributed by atoms with Gasteiger partial charge in [-0.1, -0.05) is 0 Å². The van der Waals surface area contributed by atoms with Crippen LogP contribution in [0.1, 0.15) is 5.56 Å². The molecule has 0 spiro atoms. The first kappa shape index (κ1) is 9.31. The van der Waals surface area contributed by atoms with Gasteiger partial charge in [0.25, 0.3) is 0 Å². The molecular formula is C6H4BrF3N2. The second-order valence-electron chi connectivity index (χ2n) is 2.08. The van der Waals surface area contributed by atoms with Crippen molar-refractivity contribution < 1.29 is 13.2 Å². The van der Waals surface area contributed by atoms with Gasteiger partial charge in [-0.15, -0.1) is 0 Å². The van der Waals surface area contributed by atoms with E-state index >= 15 is 0 Å². The van der Waals surface area contributed by atoms with Crippen molar-refractivity contribution in [3.63, 3.8) is 0 Å². The molecule has 0 radical (unpaired) electrons. The van der Waals surface area contributed by atoms with Crippen molar-refractivity contribution in [3.05, 3.63) is 22.4 Å². The van der Waals surface area contributed by atoms with E-state index in [4.69, 9.17) is 5.73 Å². The van der Waals surface area contributed by atoms with Gasteiger partial charge in [-0.05, 0) is 15.9 Å². The molecule has 0 bridgehead atoms. The number of anilines is 1. The Bertz CT molecular complexity index is 297. The maximum absolute atomic E-state index is 12.1. The van der Waals surface area contributed by atoms with E-state index in [1.807, 2.05) is 0 Å². The number of halogens is 4. The molecule has 1 rings (SSSR count). The second-order valence-corrected chi connectivity index (χ2v) is 2.93. The summed E-state index contributed by atoms with van der Waals surface area (Å²) in [6, 6.07) is 0. The SMILES string of the molecule is Nc1c(Br)cncc1C(F)(F)F. The van der Waals surface area contributed by atoms with E-state index in [1.54, 1.807) is 0 Å². The highest BCUT2D eigenvalue weighted by Gasteiger charge is 2.33. The molecule has 1 heterocycles. The number of hydrogen-bond donors (Lipinski definition) is 1. The van der Waals surface area contributed by atoms with Gasteiger partial charge in [0.1, 0.15) is 0 Å². The molecule has 0 unspecified atom stereocenters. The molecule has 1 aromatic rings. The molecule has 0 aliphatic heterocycles. The summed E-state index contributed by atoms with van der Waals surface area (Å²) in [4.78, 5) is 3.36. The van der Waals surface area contributed by atoms with Gasteiger partial charge in [0.15, 0.2) is 0 Å². The van der Waals surface area contributed by atoms with E-state index in [0.29, 0.717) is 6.20 Å². The summed E-state index contributed by atoms with van der Waals surface area (Å²) in [6.07, 6.45) is -2.54. The summed E-state index contributed by atoms with van der Waals surface area (Å²) in [5.41, 5.74) is 3.91. The van der Waals surface area contributed by atoms with Crippen molar-refractivity contribution in [1.29, 1.82) is 0 Å². The van der Waals surface area contributed by atoms with Crippen molar-refractivity contribution >= 4 is 21.6 Å². The van der Waals surface area contributed by atoms with Crippen LogP contribution in [0.25, 0.3) is 0 Å². The highest BCUT2D eigenvalue weighted by atomic mass is 79.9. The third-order valence-electron chi connectivity index (χ3n) is 1.24. The van der Waals surface area contributed by atoms with Gasteiger partial charge < -0.3 is 5.73 Å². The van der Waals surface area contributed by atoms with Gasteiger partial charge in [0, 0.05) is 12.4 Å². The molecule has 2 N–H and O–H groups in total. The van der Waals surface area contributed by atoms with Gasteiger partial charge in [-0.2, -0.15) is 13.2 Å². The summed E-state index contributed by atoms with van der Waals surface area (Å²) in [7, 11) is 0. The molecule has 0 atom stereocenters. The van der Waals surface area contributed by atoms with E-state index in [2.05, 4.69) is 20.9 Å². The van der Waals surface area contributed by atoms with Crippen molar-refractivity contribution in [3.8, 4) is 0 Å². The molecule has 0 amide bonds. The number of nitrogens with two attached hydrogens (primary N) is 1. The highest BCUT2D eigenvalue weighted by Crippen LogP contribution is 2.35. The smallest absolute Gasteiger partial charge is 0.397 e.